The molecule has 0 spiro atoms. The van der Waals surface area contributed by atoms with Crippen molar-refractivity contribution in [3.05, 3.63) is 84.8 Å². The molecule has 0 unspecified atom stereocenters. The zero-order valence-electron chi connectivity index (χ0n) is 13.3. The molecule has 0 aliphatic heterocycles. The molecule has 0 saturated heterocycles. The van der Waals surface area contributed by atoms with Crippen molar-refractivity contribution in [1.82, 2.24) is 0 Å². The van der Waals surface area contributed by atoms with Crippen LogP contribution in [0.25, 0.3) is 0 Å². The number of hydrogen-bond donors (Lipinski definition) is 0. The van der Waals surface area contributed by atoms with Crippen molar-refractivity contribution in [1.29, 1.82) is 0 Å². The summed E-state index contributed by atoms with van der Waals surface area (Å²) in [5.74, 6) is 0.660. The molecule has 0 aliphatic carbocycles. The highest BCUT2D eigenvalue weighted by atomic mass is 35.5. The van der Waals surface area contributed by atoms with E-state index >= 15 is 0 Å². The molecule has 3 aromatic rings. The Balaban J connectivity index is 1.99. The summed E-state index contributed by atoms with van der Waals surface area (Å²) in [4.78, 5) is 10.7. The number of rotatable bonds is 5. The van der Waals surface area contributed by atoms with Crippen molar-refractivity contribution in [2.75, 3.05) is 0 Å². The van der Waals surface area contributed by atoms with E-state index < -0.39 is 4.92 Å². The van der Waals surface area contributed by atoms with E-state index in [0.29, 0.717) is 20.8 Å². The molecule has 3 rings (SSSR count). The molecule has 3 aromatic carbocycles. The third-order valence-electron chi connectivity index (χ3n) is 3.36. The highest BCUT2D eigenvalue weighted by Crippen LogP contribution is 2.40. The first-order chi connectivity index (χ1) is 12.8. The molecule has 9 heteroatoms. The van der Waals surface area contributed by atoms with Crippen molar-refractivity contribution >= 4 is 52.1 Å². The van der Waals surface area contributed by atoms with E-state index in [1.807, 2.05) is 0 Å². The van der Waals surface area contributed by atoms with Gasteiger partial charge in [0.05, 0.1) is 15.0 Å². The van der Waals surface area contributed by atoms with Crippen LogP contribution in [0.15, 0.2) is 54.6 Å². The van der Waals surface area contributed by atoms with E-state index in [0.717, 1.165) is 0 Å². The van der Waals surface area contributed by atoms with E-state index in [2.05, 4.69) is 0 Å². The Morgan fingerprint density at radius 1 is 0.704 bits per heavy atom. The molecule has 0 aliphatic rings. The van der Waals surface area contributed by atoms with Gasteiger partial charge in [-0.25, -0.2) is 0 Å². The Kier molecular flexibility index (Phi) is 5.97. The average molecular weight is 445 g/mol. The van der Waals surface area contributed by atoms with Crippen LogP contribution in [0.2, 0.25) is 20.1 Å². The maximum absolute atomic E-state index is 11.3. The quantitative estimate of drug-likeness (QED) is 0.297. The molecule has 0 bridgehead atoms. The molecule has 0 N–H and O–H groups in total. The maximum atomic E-state index is 11.3. The zero-order valence-corrected chi connectivity index (χ0v) is 16.3. The van der Waals surface area contributed by atoms with Gasteiger partial charge in [0.25, 0.3) is 0 Å². The Hall–Kier alpha value is -2.18. The Labute approximate surface area is 174 Å². The number of nitro benzene ring substituents is 1. The fourth-order valence-corrected chi connectivity index (χ4v) is 2.78. The predicted octanol–water partition coefficient (Wildman–Crippen LogP) is 7.79. The second kappa shape index (κ2) is 8.23. The lowest BCUT2D eigenvalue weighted by molar-refractivity contribution is -0.385. The fourth-order valence-electron chi connectivity index (χ4n) is 2.15. The smallest absolute Gasteiger partial charge is 0.311 e. The normalized spacial score (nSPS) is 10.5. The van der Waals surface area contributed by atoms with Gasteiger partial charge in [0.15, 0.2) is 0 Å². The van der Waals surface area contributed by atoms with Crippen molar-refractivity contribution < 1.29 is 14.4 Å². The van der Waals surface area contributed by atoms with Crippen molar-refractivity contribution in [3.63, 3.8) is 0 Å². The summed E-state index contributed by atoms with van der Waals surface area (Å²) in [5.41, 5.74) is -0.268. The van der Waals surface area contributed by atoms with Crippen molar-refractivity contribution in [2.45, 2.75) is 0 Å². The van der Waals surface area contributed by atoms with Gasteiger partial charge in [-0.1, -0.05) is 46.4 Å². The largest absolute Gasteiger partial charge is 0.456 e. The Bertz CT molecular complexity index is 1030. The SMILES string of the molecule is O=[N+]([O-])c1ccc(Oc2cc(Cl)ccc2Cl)cc1Oc1cc(Cl)ccc1Cl. The van der Waals surface area contributed by atoms with E-state index in [1.165, 1.54) is 36.4 Å². The van der Waals surface area contributed by atoms with Crippen LogP contribution < -0.4 is 9.47 Å². The first-order valence-corrected chi connectivity index (χ1v) is 8.89. The van der Waals surface area contributed by atoms with Crippen molar-refractivity contribution in [2.24, 2.45) is 0 Å². The fraction of sp³-hybridized carbons (Fsp3) is 0. The van der Waals surface area contributed by atoms with Crippen LogP contribution >= 0.6 is 46.4 Å². The van der Waals surface area contributed by atoms with Gasteiger partial charge in [0.1, 0.15) is 17.2 Å². The second-order valence-electron chi connectivity index (χ2n) is 5.24. The number of ether oxygens (including phenoxy) is 2. The van der Waals surface area contributed by atoms with Crippen LogP contribution in [0.1, 0.15) is 0 Å². The number of halogens is 4. The molecule has 0 heterocycles. The van der Waals surface area contributed by atoms with E-state index in [9.17, 15) is 10.1 Å². The van der Waals surface area contributed by atoms with Gasteiger partial charge in [-0.2, -0.15) is 0 Å². The van der Waals surface area contributed by atoms with Gasteiger partial charge in [-0.05, 0) is 30.3 Å². The monoisotopic (exact) mass is 443 g/mol. The van der Waals surface area contributed by atoms with Crippen LogP contribution in [0.4, 0.5) is 5.69 Å². The minimum atomic E-state index is -0.579. The number of nitro groups is 1. The average Bonchev–Trinajstić information content (AvgIpc) is 2.61. The van der Waals surface area contributed by atoms with Gasteiger partial charge in [-0.15, -0.1) is 0 Å². The molecule has 5 nitrogen and oxygen atoms in total. The molecule has 138 valence electrons. The Morgan fingerprint density at radius 3 is 1.81 bits per heavy atom. The highest BCUT2D eigenvalue weighted by molar-refractivity contribution is 6.34. The van der Waals surface area contributed by atoms with Gasteiger partial charge in [-0.3, -0.25) is 10.1 Å². The van der Waals surface area contributed by atoms with E-state index in [-0.39, 0.29) is 28.0 Å². The summed E-state index contributed by atoms with van der Waals surface area (Å²) in [5, 5.41) is 12.7. The lowest BCUT2D eigenvalue weighted by Gasteiger charge is -2.12. The van der Waals surface area contributed by atoms with Crippen molar-refractivity contribution in [3.8, 4) is 23.0 Å². The summed E-state index contributed by atoms with van der Waals surface area (Å²) in [7, 11) is 0. The first-order valence-electron chi connectivity index (χ1n) is 7.38. The summed E-state index contributed by atoms with van der Waals surface area (Å²) < 4.78 is 11.3. The summed E-state index contributed by atoms with van der Waals surface area (Å²) in [6.45, 7) is 0. The molecule has 27 heavy (non-hydrogen) atoms. The summed E-state index contributed by atoms with van der Waals surface area (Å²) in [6.07, 6.45) is 0. The van der Waals surface area contributed by atoms with Gasteiger partial charge in [0.2, 0.25) is 5.75 Å². The molecule has 0 amide bonds. The van der Waals surface area contributed by atoms with Gasteiger partial charge < -0.3 is 9.47 Å². The molecule has 0 atom stereocenters. The summed E-state index contributed by atoms with van der Waals surface area (Å²) in [6, 6.07) is 13.3. The first kappa shape index (κ1) is 19.6. The lowest BCUT2D eigenvalue weighted by Crippen LogP contribution is -1.95. The van der Waals surface area contributed by atoms with Gasteiger partial charge in [0, 0.05) is 34.3 Å². The zero-order chi connectivity index (χ0) is 19.6. The number of nitrogens with zero attached hydrogens (tertiary/aromatic N) is 1. The minimum absolute atomic E-state index is 0.0696. The third-order valence-corrected chi connectivity index (χ3v) is 4.46. The van der Waals surface area contributed by atoms with Crippen LogP contribution in [0.5, 0.6) is 23.0 Å². The van der Waals surface area contributed by atoms with Crippen LogP contribution in [0.3, 0.4) is 0 Å². The highest BCUT2D eigenvalue weighted by Gasteiger charge is 2.19. The third kappa shape index (κ3) is 4.76. The molecular formula is C18H9Cl4NO4. The topological polar surface area (TPSA) is 61.6 Å². The molecular weight excluding hydrogens is 436 g/mol. The second-order valence-corrected chi connectivity index (χ2v) is 6.93. The van der Waals surface area contributed by atoms with Crippen LogP contribution in [-0.4, -0.2) is 4.92 Å². The molecule has 0 saturated carbocycles. The van der Waals surface area contributed by atoms with Gasteiger partial charge >= 0.3 is 5.69 Å². The van der Waals surface area contributed by atoms with Crippen LogP contribution in [-0.2, 0) is 0 Å². The van der Waals surface area contributed by atoms with Crippen LogP contribution in [0, 0.1) is 10.1 Å². The predicted molar refractivity (Wildman–Crippen MR) is 106 cm³/mol. The summed E-state index contributed by atoms with van der Waals surface area (Å²) >= 11 is 24.0. The van der Waals surface area contributed by atoms with E-state index in [4.69, 9.17) is 55.9 Å². The minimum Gasteiger partial charge on any atom is -0.456 e. The standard InChI is InChI=1S/C18H9Cl4NO4/c19-10-1-4-13(21)16(7-10)26-12-3-6-15(23(24)25)18(9-12)27-17-8-11(20)2-5-14(17)22/h1-9H. The van der Waals surface area contributed by atoms with E-state index in [1.54, 1.807) is 18.2 Å². The molecule has 0 aromatic heterocycles. The Morgan fingerprint density at radius 2 is 1.26 bits per heavy atom. The lowest BCUT2D eigenvalue weighted by atomic mass is 10.2. The maximum Gasteiger partial charge on any atom is 0.311 e. The number of benzene rings is 3. The molecule has 0 fully saturated rings. The molecule has 0 radical (unpaired) electrons. The number of hydrogen-bond acceptors (Lipinski definition) is 4.